The van der Waals surface area contributed by atoms with E-state index < -0.39 is 59.7 Å². The van der Waals surface area contributed by atoms with E-state index in [1.807, 2.05) is 102 Å². The Hall–Kier alpha value is -6.60. The molecular weight excluding hydrogens is 755 g/mol. The van der Waals surface area contributed by atoms with Gasteiger partial charge in [-0.3, -0.25) is 24.0 Å². The number of hydrogen-bond acceptors (Lipinski definition) is 7. The van der Waals surface area contributed by atoms with Crippen molar-refractivity contribution in [2.75, 3.05) is 5.32 Å². The molecule has 0 fully saturated rings. The summed E-state index contributed by atoms with van der Waals surface area (Å²) in [5.74, 6) is -3.94. The van der Waals surface area contributed by atoms with Crippen LogP contribution in [0.5, 0.6) is 0 Å². The Balaban J connectivity index is 1.32. The summed E-state index contributed by atoms with van der Waals surface area (Å²) in [4.78, 5) is 81.3. The molecule has 2 bridgehead atoms. The predicted octanol–water partition coefficient (Wildman–Crippen LogP) is 4.83. The van der Waals surface area contributed by atoms with E-state index in [1.54, 1.807) is 24.3 Å². The zero-order valence-corrected chi connectivity index (χ0v) is 32.5. The van der Waals surface area contributed by atoms with Gasteiger partial charge in [-0.2, -0.15) is 0 Å². The van der Waals surface area contributed by atoms with Crippen molar-refractivity contribution >= 4 is 52.5 Å². The van der Waals surface area contributed by atoms with Gasteiger partial charge < -0.3 is 31.7 Å². The van der Waals surface area contributed by atoms with Crippen LogP contribution < -0.4 is 26.6 Å². The Kier molecular flexibility index (Phi) is 14.2. The number of benzene rings is 4. The Bertz CT molecular complexity index is 2180. The summed E-state index contributed by atoms with van der Waals surface area (Å²) >= 11 is 1.42. The smallest absolute Gasteiger partial charge is 0.326 e. The lowest BCUT2D eigenvalue weighted by Crippen LogP contribution is -2.56. The van der Waals surface area contributed by atoms with Crippen molar-refractivity contribution in [2.45, 2.75) is 69.1 Å². The molecule has 0 saturated heterocycles. The fraction of sp³-hybridized carbons (Fsp3) is 0.244. The minimum Gasteiger partial charge on any atom is -0.480 e. The first kappa shape index (κ1) is 41.0. The number of fused-ring (bicyclic) bond motifs is 19. The minimum atomic E-state index is -1.27. The monoisotopic (exact) mass is 799 g/mol. The molecule has 6 N–H and O–H groups in total. The van der Waals surface area contributed by atoms with Crippen LogP contribution in [0.1, 0.15) is 40.8 Å². The van der Waals surface area contributed by atoms with Gasteiger partial charge in [0.2, 0.25) is 29.5 Å². The normalized spacial score (nSPS) is 20.0. The molecule has 13 heteroatoms. The second-order valence-corrected chi connectivity index (χ2v) is 15.3. The van der Waals surface area contributed by atoms with E-state index in [-0.39, 0.29) is 44.9 Å². The van der Waals surface area contributed by atoms with E-state index in [2.05, 4.69) is 26.6 Å². The van der Waals surface area contributed by atoms with E-state index in [0.717, 1.165) is 27.1 Å². The average molecular weight is 800 g/mol. The van der Waals surface area contributed by atoms with Crippen molar-refractivity contribution in [3.05, 3.63) is 148 Å². The van der Waals surface area contributed by atoms with Crippen LogP contribution >= 0.6 is 11.3 Å². The van der Waals surface area contributed by atoms with Crippen molar-refractivity contribution in [1.82, 2.24) is 21.3 Å². The molecular formula is C45H45N5O7S. The van der Waals surface area contributed by atoms with Crippen LogP contribution in [-0.2, 0) is 54.5 Å². The molecule has 2 aliphatic rings. The van der Waals surface area contributed by atoms with Gasteiger partial charge in [-0.1, -0.05) is 103 Å². The number of carboxylic acid groups (broad SMARTS) is 1. The molecule has 0 aliphatic carbocycles. The van der Waals surface area contributed by atoms with Crippen molar-refractivity contribution < 1.29 is 33.9 Å². The summed E-state index contributed by atoms with van der Waals surface area (Å²) in [6.45, 7) is 0. The van der Waals surface area contributed by atoms with Crippen LogP contribution in [0.15, 0.2) is 127 Å². The second-order valence-electron chi connectivity index (χ2n) is 14.2. The van der Waals surface area contributed by atoms with Crippen LogP contribution in [0.3, 0.4) is 0 Å². The number of carboxylic acids is 1. The van der Waals surface area contributed by atoms with Gasteiger partial charge in [-0.25, -0.2) is 4.79 Å². The number of amides is 5. The number of nitrogens with one attached hydrogen (secondary N) is 5. The molecule has 1 aromatic heterocycles. The second kappa shape index (κ2) is 20.0. The van der Waals surface area contributed by atoms with Gasteiger partial charge in [0.15, 0.2) is 0 Å². The van der Waals surface area contributed by atoms with Crippen molar-refractivity contribution in [3.8, 4) is 11.1 Å². The molecule has 7 rings (SSSR count). The summed E-state index contributed by atoms with van der Waals surface area (Å²) in [5, 5.41) is 25.9. The highest BCUT2D eigenvalue weighted by molar-refractivity contribution is 7.09. The number of hydrogen-bond donors (Lipinski definition) is 6. The van der Waals surface area contributed by atoms with Crippen LogP contribution in [0.4, 0.5) is 5.69 Å². The molecule has 0 spiro atoms. The van der Waals surface area contributed by atoms with Gasteiger partial charge in [0.25, 0.3) is 0 Å². The van der Waals surface area contributed by atoms with Crippen molar-refractivity contribution in [2.24, 2.45) is 0 Å². The highest BCUT2D eigenvalue weighted by Gasteiger charge is 2.30. The third kappa shape index (κ3) is 12.2. The fourth-order valence-electron chi connectivity index (χ4n) is 6.75. The lowest BCUT2D eigenvalue weighted by Gasteiger charge is -2.26. The van der Waals surface area contributed by atoms with E-state index in [9.17, 15) is 33.9 Å². The van der Waals surface area contributed by atoms with E-state index in [1.165, 1.54) is 11.3 Å². The minimum absolute atomic E-state index is 0.0327. The first-order chi connectivity index (χ1) is 28.1. The third-order valence-corrected chi connectivity index (χ3v) is 10.7. The zero-order chi connectivity index (χ0) is 40.9. The van der Waals surface area contributed by atoms with Gasteiger partial charge in [0, 0.05) is 55.1 Å². The Morgan fingerprint density at radius 3 is 1.86 bits per heavy atom. The van der Waals surface area contributed by atoms with E-state index >= 15 is 0 Å². The zero-order valence-electron chi connectivity index (χ0n) is 31.7. The lowest BCUT2D eigenvalue weighted by molar-refractivity contribution is -0.142. The molecule has 4 aromatic carbocycles. The first-order valence-corrected chi connectivity index (χ1v) is 20.0. The van der Waals surface area contributed by atoms with Gasteiger partial charge >= 0.3 is 5.97 Å². The van der Waals surface area contributed by atoms with Crippen LogP contribution in [0.2, 0.25) is 0 Å². The van der Waals surface area contributed by atoms with Crippen molar-refractivity contribution in [3.63, 3.8) is 0 Å². The number of rotatable bonds is 8. The molecule has 4 atom stereocenters. The quantitative estimate of drug-likeness (QED) is 0.122. The molecule has 58 heavy (non-hydrogen) atoms. The Morgan fingerprint density at radius 1 is 0.569 bits per heavy atom. The first-order valence-electron chi connectivity index (χ1n) is 19.1. The molecule has 0 radical (unpaired) electrons. The van der Waals surface area contributed by atoms with Gasteiger partial charge in [0.1, 0.15) is 18.1 Å². The highest BCUT2D eigenvalue weighted by Crippen LogP contribution is 2.21. The number of aliphatic carboxylic acids is 1. The summed E-state index contributed by atoms with van der Waals surface area (Å²) in [6.07, 6.45) is -0.175. The molecule has 5 amide bonds. The van der Waals surface area contributed by atoms with Gasteiger partial charge in [0.05, 0.1) is 0 Å². The highest BCUT2D eigenvalue weighted by atomic mass is 32.1. The van der Waals surface area contributed by atoms with Crippen LogP contribution in [0.25, 0.3) is 11.1 Å². The molecule has 2 aliphatic heterocycles. The molecule has 0 saturated carbocycles. The molecule has 298 valence electrons. The maximum Gasteiger partial charge on any atom is 0.326 e. The van der Waals surface area contributed by atoms with Crippen molar-refractivity contribution in [1.29, 1.82) is 0 Å². The number of thiophene rings is 1. The van der Waals surface area contributed by atoms with E-state index in [0.29, 0.717) is 11.3 Å². The van der Waals surface area contributed by atoms with Gasteiger partial charge in [-0.15, -0.1) is 11.3 Å². The van der Waals surface area contributed by atoms with E-state index in [4.69, 9.17) is 0 Å². The Labute approximate surface area is 340 Å². The Morgan fingerprint density at radius 2 is 1.19 bits per heavy atom. The number of carbonyl (C=O) groups is 6. The topological polar surface area (TPSA) is 183 Å². The predicted molar refractivity (Wildman–Crippen MR) is 222 cm³/mol. The third-order valence-electron chi connectivity index (χ3n) is 9.76. The number of carbonyl (C=O) groups excluding carboxylic acids is 5. The summed E-state index contributed by atoms with van der Waals surface area (Å²) in [6, 6.07) is 32.6. The van der Waals surface area contributed by atoms with Crippen LogP contribution in [-0.4, -0.2) is 64.8 Å². The summed E-state index contributed by atoms with van der Waals surface area (Å²) in [7, 11) is 0. The number of anilines is 1. The molecule has 0 unspecified atom stereocenters. The SMILES string of the molecule is O=C1CCC(=O)N[C@H](Cc2cccs2)C(=O)N[C@@H](Cc2ccc(-c3ccccc3)cc2)C(=O)N[C@H](Cc2ccccc2)CC(=O)N[C@H](C(=O)O)Cc2ccc(cc2)N1. The largest absolute Gasteiger partial charge is 0.480 e. The maximum atomic E-state index is 14.4. The molecule has 5 aromatic rings. The standard InChI is InChI=1S/C45H45N5O7S/c51-40-21-22-41(52)48-38(28-36-12-7-23-58-36)44(55)50-37(25-30-13-17-33(18-14-30)32-10-5-2-6-11-32)43(54)47-35(24-29-8-3-1-4-9-29)27-42(53)49-39(45(56)57)26-31-15-19-34(46-40)20-16-31/h1-20,23,35,37-39H,21-22,24-28H2,(H,46,51)(H,47,54)(H,48,52)(H,49,53)(H,50,55)(H,56,57)/t35-,37+,38-,39+/m1/s1. The summed E-state index contributed by atoms with van der Waals surface area (Å²) < 4.78 is 0. The van der Waals surface area contributed by atoms with Gasteiger partial charge in [-0.05, 0) is 57.8 Å². The average Bonchev–Trinajstić information content (AvgIpc) is 3.74. The summed E-state index contributed by atoms with van der Waals surface area (Å²) in [5.41, 5.74) is 4.62. The molecule has 12 nitrogen and oxygen atoms in total. The molecule has 3 heterocycles. The van der Waals surface area contributed by atoms with Crippen LogP contribution in [0, 0.1) is 0 Å². The lowest BCUT2D eigenvalue weighted by atomic mass is 9.98. The fourth-order valence-corrected chi connectivity index (χ4v) is 7.50. The maximum absolute atomic E-state index is 14.4.